The van der Waals surface area contributed by atoms with Crippen LogP contribution in [0.3, 0.4) is 0 Å². The van der Waals surface area contributed by atoms with Crippen LogP contribution in [0.25, 0.3) is 10.9 Å². The molecule has 0 N–H and O–H groups in total. The van der Waals surface area contributed by atoms with Crippen molar-refractivity contribution in [2.45, 2.75) is 19.1 Å². The second-order valence-electron chi connectivity index (χ2n) is 5.41. The smallest absolute Gasteiger partial charge is 0.275 e. The normalized spacial score (nSPS) is 22.7. The van der Waals surface area contributed by atoms with Crippen LogP contribution in [0.15, 0.2) is 24.3 Å². The number of nitrogens with zero attached hydrogens (tertiary/aromatic N) is 3. The molecule has 21 heavy (non-hydrogen) atoms. The van der Waals surface area contributed by atoms with E-state index in [0.29, 0.717) is 24.7 Å². The number of ether oxygens (including phenoxy) is 1. The summed E-state index contributed by atoms with van der Waals surface area (Å²) in [6, 6.07) is 7.78. The summed E-state index contributed by atoms with van der Waals surface area (Å²) in [6.45, 7) is 3.00. The van der Waals surface area contributed by atoms with E-state index in [2.05, 4.69) is 5.10 Å². The van der Waals surface area contributed by atoms with Crippen LogP contribution in [0, 0.1) is 0 Å². The van der Waals surface area contributed by atoms with Crippen LogP contribution in [0.2, 0.25) is 0 Å². The molecule has 112 valence electrons. The van der Waals surface area contributed by atoms with Crippen LogP contribution in [-0.4, -0.2) is 51.8 Å². The van der Waals surface area contributed by atoms with Crippen molar-refractivity contribution in [1.29, 1.82) is 0 Å². The molecule has 2 heterocycles. The third-order valence-electron chi connectivity index (χ3n) is 3.90. The van der Waals surface area contributed by atoms with Gasteiger partial charge in [0.2, 0.25) is 0 Å². The van der Waals surface area contributed by atoms with Crippen LogP contribution in [0.1, 0.15) is 17.4 Å². The Morgan fingerprint density at radius 2 is 2.24 bits per heavy atom. The lowest BCUT2D eigenvalue weighted by Gasteiger charge is -2.37. The highest BCUT2D eigenvalue weighted by Gasteiger charge is 2.32. The average Bonchev–Trinajstić information content (AvgIpc) is 2.85. The van der Waals surface area contributed by atoms with Crippen molar-refractivity contribution >= 4 is 28.4 Å². The lowest BCUT2D eigenvalue weighted by atomic mass is 10.1. The van der Waals surface area contributed by atoms with Gasteiger partial charge in [0.1, 0.15) is 0 Å². The van der Waals surface area contributed by atoms with Gasteiger partial charge in [0.05, 0.1) is 30.1 Å². The molecule has 0 spiro atoms. The van der Waals surface area contributed by atoms with Gasteiger partial charge in [0.15, 0.2) is 5.69 Å². The Balaban J connectivity index is 1.96. The Hall–Kier alpha value is -1.59. The zero-order chi connectivity index (χ0) is 15.0. The van der Waals surface area contributed by atoms with Gasteiger partial charge in [0.25, 0.3) is 5.91 Å². The molecule has 1 fully saturated rings. The van der Waals surface area contributed by atoms with Gasteiger partial charge in [-0.15, -0.1) is 11.6 Å². The number of halogens is 1. The molecule has 3 rings (SSSR count). The first-order valence-electron chi connectivity index (χ1n) is 7.02. The predicted molar refractivity (Wildman–Crippen MR) is 81.7 cm³/mol. The number of hydrogen-bond acceptors (Lipinski definition) is 3. The van der Waals surface area contributed by atoms with Gasteiger partial charge in [0, 0.05) is 19.0 Å². The fourth-order valence-electron chi connectivity index (χ4n) is 2.70. The third kappa shape index (κ3) is 2.51. The summed E-state index contributed by atoms with van der Waals surface area (Å²) >= 11 is 5.86. The van der Waals surface area contributed by atoms with Gasteiger partial charge in [-0.2, -0.15) is 5.10 Å². The maximum absolute atomic E-state index is 12.9. The summed E-state index contributed by atoms with van der Waals surface area (Å²) in [5.74, 6) is 0.331. The lowest BCUT2D eigenvalue weighted by molar-refractivity contribution is -0.0373. The summed E-state index contributed by atoms with van der Waals surface area (Å²) in [7, 11) is 1.85. The van der Waals surface area contributed by atoms with Crippen molar-refractivity contribution < 1.29 is 9.53 Å². The first-order valence-corrected chi connectivity index (χ1v) is 7.55. The van der Waals surface area contributed by atoms with E-state index in [0.717, 1.165) is 10.9 Å². The van der Waals surface area contributed by atoms with E-state index in [-0.39, 0.29) is 18.1 Å². The van der Waals surface area contributed by atoms with Crippen molar-refractivity contribution in [3.8, 4) is 0 Å². The zero-order valence-electron chi connectivity index (χ0n) is 12.1. The maximum Gasteiger partial charge on any atom is 0.275 e. The van der Waals surface area contributed by atoms with Crippen LogP contribution in [0.5, 0.6) is 0 Å². The van der Waals surface area contributed by atoms with E-state index in [1.807, 2.05) is 43.1 Å². The summed E-state index contributed by atoms with van der Waals surface area (Å²) < 4.78 is 7.34. The molecule has 2 unspecified atom stereocenters. The number of aromatic nitrogens is 2. The maximum atomic E-state index is 12.9. The number of carbonyl (C=O) groups is 1. The highest BCUT2D eigenvalue weighted by molar-refractivity contribution is 6.18. The van der Waals surface area contributed by atoms with Gasteiger partial charge in [-0.05, 0) is 13.0 Å². The molecule has 0 saturated carbocycles. The Bertz CT molecular complexity index is 670. The Morgan fingerprint density at radius 1 is 1.48 bits per heavy atom. The van der Waals surface area contributed by atoms with E-state index in [1.54, 1.807) is 4.68 Å². The number of fused-ring (bicyclic) bond motifs is 1. The molecule has 0 aliphatic carbocycles. The highest BCUT2D eigenvalue weighted by Crippen LogP contribution is 2.22. The van der Waals surface area contributed by atoms with Crippen molar-refractivity contribution in [1.82, 2.24) is 14.7 Å². The number of para-hydroxylation sites is 1. The number of hydrogen-bond donors (Lipinski definition) is 0. The minimum absolute atomic E-state index is 0.0257. The topological polar surface area (TPSA) is 47.4 Å². The van der Waals surface area contributed by atoms with E-state index in [9.17, 15) is 4.79 Å². The number of benzene rings is 1. The van der Waals surface area contributed by atoms with Gasteiger partial charge >= 0.3 is 0 Å². The van der Waals surface area contributed by atoms with E-state index in [1.165, 1.54) is 0 Å². The fraction of sp³-hybridized carbons (Fsp3) is 0.467. The molecule has 6 heteroatoms. The third-order valence-corrected chi connectivity index (χ3v) is 4.24. The van der Waals surface area contributed by atoms with Gasteiger partial charge < -0.3 is 9.64 Å². The summed E-state index contributed by atoms with van der Waals surface area (Å²) in [6.07, 6.45) is -0.109. The largest absolute Gasteiger partial charge is 0.373 e. The number of alkyl halides is 1. The Morgan fingerprint density at radius 3 is 3.00 bits per heavy atom. The number of amides is 1. The molecular formula is C15H18ClN3O2. The quantitative estimate of drug-likeness (QED) is 0.798. The first kappa shape index (κ1) is 14.4. The number of aryl methyl sites for hydroxylation is 1. The zero-order valence-corrected chi connectivity index (χ0v) is 12.9. The second-order valence-corrected chi connectivity index (χ2v) is 5.71. The van der Waals surface area contributed by atoms with Crippen molar-refractivity contribution in [2.75, 3.05) is 19.0 Å². The van der Waals surface area contributed by atoms with E-state index < -0.39 is 0 Å². The van der Waals surface area contributed by atoms with Gasteiger partial charge in [-0.1, -0.05) is 18.2 Å². The molecule has 0 radical (unpaired) electrons. The molecule has 2 atom stereocenters. The minimum atomic E-state index is -0.109. The van der Waals surface area contributed by atoms with E-state index >= 15 is 0 Å². The highest BCUT2D eigenvalue weighted by atomic mass is 35.5. The van der Waals surface area contributed by atoms with Crippen molar-refractivity contribution in [2.24, 2.45) is 7.05 Å². The lowest BCUT2D eigenvalue weighted by Crippen LogP contribution is -2.51. The van der Waals surface area contributed by atoms with Crippen LogP contribution in [0.4, 0.5) is 0 Å². The van der Waals surface area contributed by atoms with Gasteiger partial charge in [-0.25, -0.2) is 0 Å². The number of carbonyl (C=O) groups excluding carboxylic acids is 1. The summed E-state index contributed by atoms with van der Waals surface area (Å²) in [4.78, 5) is 14.7. The van der Waals surface area contributed by atoms with Crippen molar-refractivity contribution in [3.63, 3.8) is 0 Å². The molecule has 0 bridgehead atoms. The number of rotatable bonds is 2. The van der Waals surface area contributed by atoms with Gasteiger partial charge in [-0.3, -0.25) is 9.48 Å². The minimum Gasteiger partial charge on any atom is -0.373 e. The Kier molecular flexibility index (Phi) is 3.87. The van der Waals surface area contributed by atoms with Crippen molar-refractivity contribution in [3.05, 3.63) is 30.0 Å². The SMILES string of the molecule is CC1COC(CCl)CN1C(=O)c1nn(C)c2ccccc12. The molecule has 2 aromatic rings. The molecule has 1 aliphatic rings. The molecule has 1 amide bonds. The molecule has 1 aromatic heterocycles. The molecule has 1 aliphatic heterocycles. The monoisotopic (exact) mass is 307 g/mol. The van der Waals surface area contributed by atoms with E-state index in [4.69, 9.17) is 16.3 Å². The molecule has 1 saturated heterocycles. The molecular weight excluding hydrogens is 290 g/mol. The van der Waals surface area contributed by atoms with Crippen LogP contribution < -0.4 is 0 Å². The fourth-order valence-corrected chi connectivity index (χ4v) is 2.89. The molecule has 5 nitrogen and oxygen atoms in total. The Labute approximate surface area is 128 Å². The molecule has 1 aromatic carbocycles. The first-order chi connectivity index (χ1) is 10.1. The number of morpholine rings is 1. The summed E-state index contributed by atoms with van der Waals surface area (Å²) in [5, 5.41) is 5.28. The second kappa shape index (κ2) is 5.66. The average molecular weight is 308 g/mol. The predicted octanol–water partition coefficient (Wildman–Crippen LogP) is 2.04. The van der Waals surface area contributed by atoms with Crippen LogP contribution >= 0.6 is 11.6 Å². The standard InChI is InChI=1S/C15H18ClN3O2/c1-10-9-21-11(7-16)8-19(10)15(20)14-12-5-3-4-6-13(12)18(2)17-14/h3-6,10-11H,7-9H2,1-2H3. The summed E-state index contributed by atoms with van der Waals surface area (Å²) in [5.41, 5.74) is 1.45. The van der Waals surface area contributed by atoms with Crippen LogP contribution in [-0.2, 0) is 11.8 Å².